The second kappa shape index (κ2) is 4.89. The first-order chi connectivity index (χ1) is 8.47. The highest BCUT2D eigenvalue weighted by atomic mass is 19.1. The Morgan fingerprint density at radius 2 is 2.00 bits per heavy atom. The molecule has 18 heavy (non-hydrogen) atoms. The van der Waals surface area contributed by atoms with Gasteiger partial charge in [0.2, 0.25) is 0 Å². The van der Waals surface area contributed by atoms with Gasteiger partial charge in [0.25, 0.3) is 5.69 Å². The van der Waals surface area contributed by atoms with Crippen molar-refractivity contribution < 1.29 is 9.31 Å². The smallest absolute Gasteiger partial charge is 0.272 e. The number of non-ortho nitro benzene ring substituents is 1. The minimum atomic E-state index is -0.587. The lowest BCUT2D eigenvalue weighted by atomic mass is 10.1. The van der Waals surface area contributed by atoms with Crippen LogP contribution in [0.15, 0.2) is 18.2 Å². The first-order valence-corrected chi connectivity index (χ1v) is 5.92. The zero-order chi connectivity index (χ0) is 13.3. The Hall–Kier alpha value is -1.69. The molecule has 1 aromatic carbocycles. The van der Waals surface area contributed by atoms with Gasteiger partial charge >= 0.3 is 0 Å². The van der Waals surface area contributed by atoms with Gasteiger partial charge in [0.05, 0.1) is 16.7 Å². The van der Waals surface area contributed by atoms with Crippen molar-refractivity contribution in [2.24, 2.45) is 0 Å². The predicted octanol–water partition coefficient (Wildman–Crippen LogP) is 1.92. The van der Waals surface area contributed by atoms with Crippen molar-refractivity contribution in [1.29, 1.82) is 0 Å². The average molecular weight is 253 g/mol. The number of hydrogen-bond donors (Lipinski definition) is 1. The van der Waals surface area contributed by atoms with Gasteiger partial charge in [-0.05, 0) is 19.9 Å². The third kappa shape index (κ3) is 2.59. The number of nitrogens with one attached hydrogen (secondary N) is 1. The summed E-state index contributed by atoms with van der Waals surface area (Å²) in [6, 6.07) is 4.34. The fourth-order valence-electron chi connectivity index (χ4n) is 2.39. The Balaban J connectivity index is 2.25. The van der Waals surface area contributed by atoms with Crippen molar-refractivity contribution in [3.63, 3.8) is 0 Å². The summed E-state index contributed by atoms with van der Waals surface area (Å²) in [7, 11) is 0. The Bertz CT molecular complexity index is 457. The van der Waals surface area contributed by atoms with Gasteiger partial charge in [-0.25, -0.2) is 4.39 Å². The van der Waals surface area contributed by atoms with Gasteiger partial charge < -0.3 is 10.2 Å². The molecule has 0 aromatic heterocycles. The molecule has 0 radical (unpaired) electrons. The molecular weight excluding hydrogens is 237 g/mol. The summed E-state index contributed by atoms with van der Waals surface area (Å²) >= 11 is 0. The second-order valence-corrected chi connectivity index (χ2v) is 4.77. The highest BCUT2D eigenvalue weighted by Gasteiger charge is 2.24. The van der Waals surface area contributed by atoms with Gasteiger partial charge in [0, 0.05) is 31.2 Å². The summed E-state index contributed by atoms with van der Waals surface area (Å²) in [5, 5.41) is 13.9. The summed E-state index contributed by atoms with van der Waals surface area (Å²) < 4.78 is 13.9. The quantitative estimate of drug-likeness (QED) is 0.646. The number of anilines is 1. The molecule has 0 unspecified atom stereocenters. The molecule has 6 heteroatoms. The van der Waals surface area contributed by atoms with E-state index in [4.69, 9.17) is 0 Å². The van der Waals surface area contributed by atoms with E-state index >= 15 is 0 Å². The van der Waals surface area contributed by atoms with Gasteiger partial charge in [0.1, 0.15) is 0 Å². The molecule has 98 valence electrons. The fraction of sp³-hybridized carbons (Fsp3) is 0.500. The monoisotopic (exact) mass is 253 g/mol. The van der Waals surface area contributed by atoms with Crippen LogP contribution in [0.2, 0.25) is 0 Å². The van der Waals surface area contributed by atoms with Crippen molar-refractivity contribution in [2.45, 2.75) is 25.9 Å². The minimum Gasteiger partial charge on any atom is -0.366 e. The average Bonchev–Trinajstić information content (AvgIpc) is 2.27. The van der Waals surface area contributed by atoms with E-state index in [-0.39, 0.29) is 17.8 Å². The molecule has 1 fully saturated rings. The maximum Gasteiger partial charge on any atom is 0.272 e. The van der Waals surface area contributed by atoms with E-state index in [1.807, 2.05) is 18.7 Å². The van der Waals surface area contributed by atoms with Crippen LogP contribution in [0.3, 0.4) is 0 Å². The van der Waals surface area contributed by atoms with Gasteiger partial charge in [-0.1, -0.05) is 0 Å². The number of piperazine rings is 1. The van der Waals surface area contributed by atoms with E-state index in [0.29, 0.717) is 18.8 Å². The second-order valence-electron chi connectivity index (χ2n) is 4.77. The lowest BCUT2D eigenvalue weighted by Gasteiger charge is -2.37. The number of nitro benzene ring substituents is 1. The van der Waals surface area contributed by atoms with Gasteiger partial charge in [-0.3, -0.25) is 10.1 Å². The van der Waals surface area contributed by atoms with Crippen molar-refractivity contribution in [2.75, 3.05) is 18.0 Å². The van der Waals surface area contributed by atoms with E-state index < -0.39 is 10.7 Å². The van der Waals surface area contributed by atoms with Crippen LogP contribution in [-0.2, 0) is 0 Å². The van der Waals surface area contributed by atoms with Gasteiger partial charge in [0.15, 0.2) is 5.82 Å². The molecule has 1 aliphatic rings. The summed E-state index contributed by atoms with van der Waals surface area (Å²) in [5.41, 5.74) is 0.216. The molecule has 2 rings (SSSR count). The third-order valence-corrected chi connectivity index (χ3v) is 3.04. The van der Waals surface area contributed by atoms with Crippen LogP contribution < -0.4 is 10.2 Å². The largest absolute Gasteiger partial charge is 0.366 e. The first-order valence-electron chi connectivity index (χ1n) is 5.92. The molecule has 1 aromatic rings. The van der Waals surface area contributed by atoms with Crippen LogP contribution in [-0.4, -0.2) is 30.1 Å². The van der Waals surface area contributed by atoms with Gasteiger partial charge in [-0.15, -0.1) is 0 Å². The Labute approximate surface area is 105 Å². The van der Waals surface area contributed by atoms with Crippen LogP contribution in [0, 0.1) is 15.9 Å². The van der Waals surface area contributed by atoms with Crippen LogP contribution >= 0.6 is 0 Å². The molecule has 0 bridgehead atoms. The standard InChI is InChI=1S/C12H16FN3O2/c1-8-6-15(7-9(2)14-8)12-4-3-10(16(17)18)5-11(12)13/h3-5,8-9,14H,6-7H2,1-2H3/t8-,9+. The molecule has 1 aliphatic heterocycles. The number of nitrogens with zero attached hydrogens (tertiary/aromatic N) is 2. The molecule has 0 saturated carbocycles. The molecule has 2 atom stereocenters. The molecule has 1 N–H and O–H groups in total. The number of nitro groups is 1. The zero-order valence-corrected chi connectivity index (χ0v) is 10.4. The van der Waals surface area contributed by atoms with E-state index in [2.05, 4.69) is 5.32 Å². The summed E-state index contributed by atoms with van der Waals surface area (Å²) in [4.78, 5) is 11.9. The topological polar surface area (TPSA) is 58.4 Å². The molecule has 5 nitrogen and oxygen atoms in total. The SMILES string of the molecule is C[C@@H]1CN(c2ccc([N+](=O)[O-])cc2F)C[C@H](C)N1. The Morgan fingerprint density at radius 1 is 1.39 bits per heavy atom. The van der Waals surface area contributed by atoms with Crippen LogP contribution in [0.1, 0.15) is 13.8 Å². The lowest BCUT2D eigenvalue weighted by Crippen LogP contribution is -2.54. The Morgan fingerprint density at radius 3 is 2.50 bits per heavy atom. The number of rotatable bonds is 2. The highest BCUT2D eigenvalue weighted by molar-refractivity contribution is 5.53. The summed E-state index contributed by atoms with van der Waals surface area (Å²) in [5.74, 6) is -0.537. The van der Waals surface area contributed by atoms with E-state index in [0.717, 1.165) is 6.07 Å². The van der Waals surface area contributed by atoms with E-state index in [9.17, 15) is 14.5 Å². The molecular formula is C12H16FN3O2. The number of halogens is 1. The Kier molecular flexibility index (Phi) is 3.47. The highest BCUT2D eigenvalue weighted by Crippen LogP contribution is 2.25. The van der Waals surface area contributed by atoms with Crippen LogP contribution in [0.25, 0.3) is 0 Å². The summed E-state index contributed by atoms with van der Waals surface area (Å²) in [6.07, 6.45) is 0. The lowest BCUT2D eigenvalue weighted by molar-refractivity contribution is -0.385. The third-order valence-electron chi connectivity index (χ3n) is 3.04. The van der Waals surface area contributed by atoms with Crippen molar-refractivity contribution in [3.8, 4) is 0 Å². The molecule has 1 saturated heterocycles. The molecule has 0 spiro atoms. The maximum atomic E-state index is 13.9. The van der Waals surface area contributed by atoms with Crippen molar-refractivity contribution in [3.05, 3.63) is 34.1 Å². The van der Waals surface area contributed by atoms with Crippen LogP contribution in [0.5, 0.6) is 0 Å². The molecule has 0 amide bonds. The minimum absolute atomic E-state index is 0.215. The number of benzene rings is 1. The first kappa shape index (κ1) is 12.8. The van der Waals surface area contributed by atoms with Crippen molar-refractivity contribution in [1.82, 2.24) is 5.32 Å². The summed E-state index contributed by atoms with van der Waals surface area (Å²) in [6.45, 7) is 5.45. The maximum absolute atomic E-state index is 13.9. The normalized spacial score (nSPS) is 24.1. The molecule has 0 aliphatic carbocycles. The van der Waals surface area contributed by atoms with Crippen molar-refractivity contribution >= 4 is 11.4 Å². The molecule has 1 heterocycles. The van der Waals surface area contributed by atoms with E-state index in [1.165, 1.54) is 12.1 Å². The van der Waals surface area contributed by atoms with Gasteiger partial charge in [-0.2, -0.15) is 0 Å². The fourth-order valence-corrected chi connectivity index (χ4v) is 2.39. The number of hydrogen-bond acceptors (Lipinski definition) is 4. The van der Waals surface area contributed by atoms with Crippen LogP contribution in [0.4, 0.5) is 15.8 Å². The zero-order valence-electron chi connectivity index (χ0n) is 10.4. The van der Waals surface area contributed by atoms with E-state index in [1.54, 1.807) is 0 Å². The predicted molar refractivity (Wildman–Crippen MR) is 67.3 cm³/mol.